The lowest BCUT2D eigenvalue weighted by Gasteiger charge is -2.08. The summed E-state index contributed by atoms with van der Waals surface area (Å²) in [5.74, 6) is 0.946. The van der Waals surface area contributed by atoms with E-state index in [0.29, 0.717) is 0 Å². The van der Waals surface area contributed by atoms with Crippen LogP contribution in [0.2, 0.25) is 0 Å². The van der Waals surface area contributed by atoms with Crippen molar-refractivity contribution < 1.29 is 4.74 Å². The second kappa shape index (κ2) is 10.3. The van der Waals surface area contributed by atoms with E-state index in [1.165, 1.54) is 35.7 Å². The van der Waals surface area contributed by atoms with Gasteiger partial charge in [-0.15, -0.1) is 0 Å². The second-order valence-corrected chi connectivity index (χ2v) is 5.60. The van der Waals surface area contributed by atoms with Gasteiger partial charge in [-0.1, -0.05) is 35.3 Å². The average molecular weight is 328 g/mol. The number of hydrogen-bond acceptors (Lipinski definition) is 2. The van der Waals surface area contributed by atoms with Gasteiger partial charge in [-0.25, -0.2) is 0 Å². The number of rotatable bonds is 10. The molecule has 3 heteroatoms. The average Bonchev–Trinajstić information content (AvgIpc) is 2.40. The first-order valence-electron chi connectivity index (χ1n) is 7.39. The van der Waals surface area contributed by atoms with Gasteiger partial charge in [0, 0.05) is 4.47 Å². The topological polar surface area (TPSA) is 21.3 Å². The molecule has 0 saturated heterocycles. The number of halogens is 1. The van der Waals surface area contributed by atoms with Crippen molar-refractivity contribution in [1.29, 1.82) is 0 Å². The predicted octanol–water partition coefficient (Wildman–Crippen LogP) is 4.56. The fourth-order valence-corrected chi connectivity index (χ4v) is 2.59. The standard InChI is InChI=1S/C16H26BrNO/c1-3-11-18-12-7-5-6-8-14-9-10-15(19-4-2)13-16(14)17/h9-10,13,18H,3-8,11-12H2,1-2H3. The van der Waals surface area contributed by atoms with Gasteiger partial charge in [0.1, 0.15) is 5.75 Å². The van der Waals surface area contributed by atoms with Crippen molar-refractivity contribution in [1.82, 2.24) is 5.32 Å². The molecule has 0 radical (unpaired) electrons. The van der Waals surface area contributed by atoms with Crippen molar-refractivity contribution in [2.24, 2.45) is 0 Å². The molecule has 1 aromatic rings. The Labute approximate surface area is 126 Å². The number of unbranched alkanes of at least 4 members (excludes halogenated alkanes) is 2. The van der Waals surface area contributed by atoms with Gasteiger partial charge in [0.05, 0.1) is 6.61 Å². The zero-order valence-corrected chi connectivity index (χ0v) is 13.8. The normalized spacial score (nSPS) is 10.7. The van der Waals surface area contributed by atoms with E-state index in [2.05, 4.69) is 46.4 Å². The molecule has 0 fully saturated rings. The van der Waals surface area contributed by atoms with Crippen molar-refractivity contribution >= 4 is 15.9 Å². The highest BCUT2D eigenvalue weighted by Gasteiger charge is 2.02. The Morgan fingerprint density at radius 3 is 2.63 bits per heavy atom. The first-order valence-corrected chi connectivity index (χ1v) is 8.19. The third kappa shape index (κ3) is 6.98. The first-order chi connectivity index (χ1) is 9.27. The van der Waals surface area contributed by atoms with Crippen LogP contribution in [-0.2, 0) is 6.42 Å². The van der Waals surface area contributed by atoms with E-state index < -0.39 is 0 Å². The van der Waals surface area contributed by atoms with Gasteiger partial charge in [0.15, 0.2) is 0 Å². The van der Waals surface area contributed by atoms with Gasteiger partial charge in [-0.3, -0.25) is 0 Å². The molecule has 0 bridgehead atoms. The van der Waals surface area contributed by atoms with E-state index in [9.17, 15) is 0 Å². The van der Waals surface area contributed by atoms with E-state index in [1.807, 2.05) is 6.92 Å². The summed E-state index contributed by atoms with van der Waals surface area (Å²) < 4.78 is 6.65. The molecule has 0 amide bonds. The van der Waals surface area contributed by atoms with Crippen LogP contribution in [0, 0.1) is 0 Å². The quantitative estimate of drug-likeness (QED) is 0.636. The molecular weight excluding hydrogens is 302 g/mol. The van der Waals surface area contributed by atoms with Crippen LogP contribution in [0.4, 0.5) is 0 Å². The van der Waals surface area contributed by atoms with Crippen LogP contribution >= 0.6 is 15.9 Å². The largest absolute Gasteiger partial charge is 0.494 e. The molecule has 0 atom stereocenters. The zero-order chi connectivity index (χ0) is 13.9. The van der Waals surface area contributed by atoms with E-state index in [1.54, 1.807) is 0 Å². The lowest BCUT2D eigenvalue weighted by Crippen LogP contribution is -2.15. The summed E-state index contributed by atoms with van der Waals surface area (Å²) in [6.45, 7) is 7.23. The van der Waals surface area contributed by atoms with Crippen LogP contribution in [0.15, 0.2) is 22.7 Å². The highest BCUT2D eigenvalue weighted by molar-refractivity contribution is 9.10. The summed E-state index contributed by atoms with van der Waals surface area (Å²) in [6, 6.07) is 6.30. The van der Waals surface area contributed by atoms with Crippen LogP contribution < -0.4 is 10.1 Å². The number of benzene rings is 1. The van der Waals surface area contributed by atoms with Crippen molar-refractivity contribution in [2.45, 2.75) is 46.0 Å². The number of nitrogens with one attached hydrogen (secondary N) is 1. The maximum atomic E-state index is 5.48. The molecule has 0 spiro atoms. The molecule has 1 N–H and O–H groups in total. The summed E-state index contributed by atoms with van der Waals surface area (Å²) in [5.41, 5.74) is 1.38. The monoisotopic (exact) mass is 327 g/mol. The van der Waals surface area contributed by atoms with Gasteiger partial charge in [0.25, 0.3) is 0 Å². The second-order valence-electron chi connectivity index (χ2n) is 4.75. The molecule has 1 rings (SSSR count). The lowest BCUT2D eigenvalue weighted by atomic mass is 10.1. The molecule has 0 saturated carbocycles. The van der Waals surface area contributed by atoms with E-state index >= 15 is 0 Å². The van der Waals surface area contributed by atoms with E-state index in [-0.39, 0.29) is 0 Å². The third-order valence-corrected chi connectivity index (χ3v) is 3.80. The Morgan fingerprint density at radius 1 is 1.11 bits per heavy atom. The van der Waals surface area contributed by atoms with Crippen LogP contribution in [0.5, 0.6) is 5.75 Å². The Balaban J connectivity index is 2.22. The zero-order valence-electron chi connectivity index (χ0n) is 12.2. The molecule has 0 aliphatic heterocycles. The van der Waals surface area contributed by atoms with Crippen molar-refractivity contribution in [3.05, 3.63) is 28.2 Å². The Morgan fingerprint density at radius 2 is 1.95 bits per heavy atom. The summed E-state index contributed by atoms with van der Waals surface area (Å²) >= 11 is 3.63. The summed E-state index contributed by atoms with van der Waals surface area (Å²) in [7, 11) is 0. The fourth-order valence-electron chi connectivity index (χ4n) is 2.03. The molecule has 0 unspecified atom stereocenters. The van der Waals surface area contributed by atoms with Gasteiger partial charge >= 0.3 is 0 Å². The van der Waals surface area contributed by atoms with Crippen molar-refractivity contribution in [2.75, 3.05) is 19.7 Å². The third-order valence-electron chi connectivity index (χ3n) is 3.06. The summed E-state index contributed by atoms with van der Waals surface area (Å²) in [4.78, 5) is 0. The summed E-state index contributed by atoms with van der Waals surface area (Å²) in [5, 5.41) is 3.44. The molecule has 19 heavy (non-hydrogen) atoms. The highest BCUT2D eigenvalue weighted by Crippen LogP contribution is 2.24. The minimum absolute atomic E-state index is 0.719. The molecule has 0 aliphatic carbocycles. The maximum Gasteiger partial charge on any atom is 0.120 e. The van der Waals surface area contributed by atoms with Gasteiger partial charge in [-0.2, -0.15) is 0 Å². The van der Waals surface area contributed by atoms with Crippen LogP contribution in [0.1, 0.15) is 45.1 Å². The summed E-state index contributed by atoms with van der Waals surface area (Å²) in [6.07, 6.45) is 6.17. The van der Waals surface area contributed by atoms with Crippen LogP contribution in [0.3, 0.4) is 0 Å². The molecule has 0 heterocycles. The molecule has 108 valence electrons. The first kappa shape index (κ1) is 16.5. The molecule has 0 aromatic heterocycles. The van der Waals surface area contributed by atoms with Gasteiger partial charge < -0.3 is 10.1 Å². The Bertz CT molecular complexity index is 355. The lowest BCUT2D eigenvalue weighted by molar-refractivity contribution is 0.340. The van der Waals surface area contributed by atoms with E-state index in [4.69, 9.17) is 4.74 Å². The van der Waals surface area contributed by atoms with Crippen molar-refractivity contribution in [3.8, 4) is 5.75 Å². The van der Waals surface area contributed by atoms with Gasteiger partial charge in [0.2, 0.25) is 0 Å². The molecular formula is C16H26BrNO. The molecule has 1 aromatic carbocycles. The van der Waals surface area contributed by atoms with E-state index in [0.717, 1.165) is 31.9 Å². The minimum atomic E-state index is 0.719. The SMILES string of the molecule is CCCNCCCCCc1ccc(OCC)cc1Br. The maximum absolute atomic E-state index is 5.48. The van der Waals surface area contributed by atoms with Crippen molar-refractivity contribution in [3.63, 3.8) is 0 Å². The number of hydrogen-bond donors (Lipinski definition) is 1. The molecule has 0 aliphatic rings. The fraction of sp³-hybridized carbons (Fsp3) is 0.625. The highest BCUT2D eigenvalue weighted by atomic mass is 79.9. The Kier molecular flexibility index (Phi) is 8.93. The number of ether oxygens (including phenoxy) is 1. The van der Waals surface area contributed by atoms with Crippen LogP contribution in [-0.4, -0.2) is 19.7 Å². The Hall–Kier alpha value is -0.540. The number of aryl methyl sites for hydroxylation is 1. The minimum Gasteiger partial charge on any atom is -0.494 e. The van der Waals surface area contributed by atoms with Gasteiger partial charge in [-0.05, 0) is 63.4 Å². The van der Waals surface area contributed by atoms with Crippen LogP contribution in [0.25, 0.3) is 0 Å². The predicted molar refractivity (Wildman–Crippen MR) is 86.0 cm³/mol. The molecule has 2 nitrogen and oxygen atoms in total. The smallest absolute Gasteiger partial charge is 0.120 e.